The first-order valence-corrected chi connectivity index (χ1v) is 11.8. The number of nitrogens with zero attached hydrogens (tertiary/aromatic N) is 3. The molecule has 162 valence electrons. The van der Waals surface area contributed by atoms with Crippen LogP contribution in [0.25, 0.3) is 0 Å². The van der Waals surface area contributed by atoms with Crippen molar-refractivity contribution in [1.82, 2.24) is 14.2 Å². The maximum atomic E-state index is 13.4. The highest BCUT2D eigenvalue weighted by molar-refractivity contribution is 7.89. The van der Waals surface area contributed by atoms with Crippen LogP contribution in [0.3, 0.4) is 0 Å². The second-order valence-corrected chi connectivity index (χ2v) is 10.2. The predicted octanol–water partition coefficient (Wildman–Crippen LogP) is 3.37. The zero-order valence-electron chi connectivity index (χ0n) is 18.5. The Balaban J connectivity index is 1.70. The Morgan fingerprint density at radius 3 is 2.27 bits per heavy atom. The molecule has 0 aliphatic carbocycles. The van der Waals surface area contributed by atoms with Crippen molar-refractivity contribution in [2.24, 2.45) is 5.92 Å². The minimum atomic E-state index is -3.59. The average Bonchev–Trinajstić information content (AvgIpc) is 2.72. The summed E-state index contributed by atoms with van der Waals surface area (Å²) in [7, 11) is -1.79. The summed E-state index contributed by atoms with van der Waals surface area (Å²) in [5.41, 5.74) is 4.58. The Morgan fingerprint density at radius 1 is 1.13 bits per heavy atom. The molecule has 3 rings (SSSR count). The monoisotopic (exact) mass is 429 g/mol. The quantitative estimate of drug-likeness (QED) is 0.731. The second-order valence-electron chi connectivity index (χ2n) is 8.32. The van der Waals surface area contributed by atoms with E-state index in [1.165, 1.54) is 0 Å². The van der Waals surface area contributed by atoms with Gasteiger partial charge in [-0.2, -0.15) is 4.31 Å². The van der Waals surface area contributed by atoms with Crippen molar-refractivity contribution in [3.8, 4) is 0 Å². The topological polar surface area (TPSA) is 70.6 Å². The number of rotatable bonds is 5. The molecule has 6 nitrogen and oxygen atoms in total. The van der Waals surface area contributed by atoms with Crippen LogP contribution in [-0.4, -0.2) is 48.7 Å². The van der Waals surface area contributed by atoms with Gasteiger partial charge in [-0.05, 0) is 74.4 Å². The lowest BCUT2D eigenvalue weighted by Gasteiger charge is -2.33. The number of carbonyl (C=O) groups is 1. The molecule has 1 saturated heterocycles. The maximum Gasteiger partial charge on any atom is 0.243 e. The van der Waals surface area contributed by atoms with E-state index in [2.05, 4.69) is 4.98 Å². The van der Waals surface area contributed by atoms with E-state index in [0.717, 1.165) is 27.8 Å². The molecule has 0 saturated carbocycles. The number of hydrogen-bond acceptors (Lipinski definition) is 4. The van der Waals surface area contributed by atoms with Crippen molar-refractivity contribution in [2.45, 2.75) is 52.0 Å². The van der Waals surface area contributed by atoms with E-state index in [1.54, 1.807) is 28.6 Å². The molecule has 2 heterocycles. The molecule has 0 unspecified atom stereocenters. The van der Waals surface area contributed by atoms with Gasteiger partial charge >= 0.3 is 0 Å². The van der Waals surface area contributed by atoms with Crippen molar-refractivity contribution in [3.63, 3.8) is 0 Å². The number of aromatic nitrogens is 1. The number of sulfonamides is 1. The summed E-state index contributed by atoms with van der Waals surface area (Å²) in [6.45, 7) is 8.88. The summed E-state index contributed by atoms with van der Waals surface area (Å²) in [5.74, 6) is -0.0887. The van der Waals surface area contributed by atoms with Crippen LogP contribution in [-0.2, 0) is 21.4 Å². The number of carbonyl (C=O) groups excluding carboxylic acids is 1. The van der Waals surface area contributed by atoms with E-state index in [4.69, 9.17) is 0 Å². The SMILES string of the molecule is Cc1cc(C)c(C)c(S(=O)(=O)N2CCC(C(=O)N(C)Cc3cccnc3)CC2)c1C. The minimum Gasteiger partial charge on any atom is -0.341 e. The van der Waals surface area contributed by atoms with Crippen molar-refractivity contribution >= 4 is 15.9 Å². The van der Waals surface area contributed by atoms with Crippen LogP contribution in [0.1, 0.15) is 40.7 Å². The molecule has 1 aliphatic heterocycles. The molecule has 1 aromatic heterocycles. The van der Waals surface area contributed by atoms with Gasteiger partial charge < -0.3 is 4.90 Å². The summed E-state index contributed by atoms with van der Waals surface area (Å²) < 4.78 is 28.4. The van der Waals surface area contributed by atoms with E-state index in [1.807, 2.05) is 45.9 Å². The largest absolute Gasteiger partial charge is 0.341 e. The second kappa shape index (κ2) is 8.86. The van der Waals surface area contributed by atoms with Crippen LogP contribution in [0.4, 0.5) is 0 Å². The fourth-order valence-corrected chi connectivity index (χ4v) is 6.24. The standard InChI is InChI=1S/C23H31N3O3S/c1-16-13-17(2)19(4)22(18(16)3)30(28,29)26-11-8-21(9-12-26)23(27)25(5)15-20-7-6-10-24-14-20/h6-7,10,13-14,21H,8-9,11-12,15H2,1-5H3. The molecular formula is C23H31N3O3S. The number of pyridine rings is 1. The third-order valence-electron chi connectivity index (χ3n) is 6.22. The predicted molar refractivity (Wildman–Crippen MR) is 118 cm³/mol. The molecule has 30 heavy (non-hydrogen) atoms. The number of piperidine rings is 1. The Bertz CT molecular complexity index is 1000. The molecule has 0 N–H and O–H groups in total. The van der Waals surface area contributed by atoms with Crippen molar-refractivity contribution in [3.05, 3.63) is 58.4 Å². The summed E-state index contributed by atoms with van der Waals surface area (Å²) in [4.78, 5) is 19.1. The first-order chi connectivity index (χ1) is 14.1. The maximum absolute atomic E-state index is 13.4. The van der Waals surface area contributed by atoms with E-state index in [-0.39, 0.29) is 11.8 Å². The van der Waals surface area contributed by atoms with Gasteiger partial charge in [0.15, 0.2) is 0 Å². The minimum absolute atomic E-state index is 0.0645. The Kier molecular flexibility index (Phi) is 6.62. The smallest absolute Gasteiger partial charge is 0.243 e. The van der Waals surface area contributed by atoms with Gasteiger partial charge in [0, 0.05) is 45.0 Å². The molecule has 0 bridgehead atoms. The molecule has 7 heteroatoms. The van der Waals surface area contributed by atoms with Gasteiger partial charge in [-0.25, -0.2) is 8.42 Å². The fraction of sp³-hybridized carbons (Fsp3) is 0.478. The first-order valence-electron chi connectivity index (χ1n) is 10.3. The van der Waals surface area contributed by atoms with Gasteiger partial charge in [0.2, 0.25) is 15.9 Å². The third kappa shape index (κ3) is 4.42. The van der Waals surface area contributed by atoms with Crippen LogP contribution in [0, 0.1) is 33.6 Å². The molecule has 0 radical (unpaired) electrons. The molecule has 0 atom stereocenters. The molecular weight excluding hydrogens is 398 g/mol. The summed E-state index contributed by atoms with van der Waals surface area (Å²) in [5, 5.41) is 0. The Hall–Kier alpha value is -2.25. The van der Waals surface area contributed by atoms with Crippen LogP contribution in [0.5, 0.6) is 0 Å². The lowest BCUT2D eigenvalue weighted by atomic mass is 9.96. The van der Waals surface area contributed by atoms with E-state index in [9.17, 15) is 13.2 Å². The molecule has 0 spiro atoms. The third-order valence-corrected chi connectivity index (χ3v) is 8.39. The molecule has 1 aliphatic rings. The number of hydrogen-bond donors (Lipinski definition) is 0. The van der Waals surface area contributed by atoms with Crippen LogP contribution in [0.15, 0.2) is 35.5 Å². The van der Waals surface area contributed by atoms with Crippen molar-refractivity contribution < 1.29 is 13.2 Å². The lowest BCUT2D eigenvalue weighted by Crippen LogP contribution is -2.43. The van der Waals surface area contributed by atoms with Crippen molar-refractivity contribution in [1.29, 1.82) is 0 Å². The van der Waals surface area contributed by atoms with E-state index >= 15 is 0 Å². The van der Waals surface area contributed by atoms with Gasteiger partial charge in [-0.15, -0.1) is 0 Å². The highest BCUT2D eigenvalue weighted by Gasteiger charge is 2.35. The summed E-state index contributed by atoms with van der Waals surface area (Å²) in [6, 6.07) is 5.83. The summed E-state index contributed by atoms with van der Waals surface area (Å²) in [6.07, 6.45) is 4.55. The van der Waals surface area contributed by atoms with E-state index in [0.29, 0.717) is 37.4 Å². The number of amides is 1. The average molecular weight is 430 g/mol. The van der Waals surface area contributed by atoms with Gasteiger partial charge in [-0.3, -0.25) is 9.78 Å². The molecule has 1 fully saturated rings. The Labute approximate surface area is 180 Å². The fourth-order valence-electron chi connectivity index (χ4n) is 4.19. The van der Waals surface area contributed by atoms with Crippen molar-refractivity contribution in [2.75, 3.05) is 20.1 Å². The van der Waals surface area contributed by atoms with Gasteiger partial charge in [0.05, 0.1) is 4.90 Å². The van der Waals surface area contributed by atoms with Gasteiger partial charge in [0.25, 0.3) is 0 Å². The zero-order chi connectivity index (χ0) is 22.1. The normalized spacial score (nSPS) is 15.9. The molecule has 2 aromatic rings. The van der Waals surface area contributed by atoms with E-state index < -0.39 is 10.0 Å². The highest BCUT2D eigenvalue weighted by Crippen LogP contribution is 2.31. The number of benzene rings is 1. The Morgan fingerprint density at radius 2 is 1.73 bits per heavy atom. The van der Waals surface area contributed by atoms with Gasteiger partial charge in [-0.1, -0.05) is 12.1 Å². The lowest BCUT2D eigenvalue weighted by molar-refractivity contribution is -0.135. The molecule has 1 aromatic carbocycles. The van der Waals surface area contributed by atoms with Crippen LogP contribution in [0.2, 0.25) is 0 Å². The van der Waals surface area contributed by atoms with Crippen LogP contribution >= 0.6 is 0 Å². The number of aryl methyl sites for hydroxylation is 2. The highest BCUT2D eigenvalue weighted by atomic mass is 32.2. The first kappa shape index (κ1) is 22.4. The van der Waals surface area contributed by atoms with Crippen LogP contribution < -0.4 is 0 Å². The van der Waals surface area contributed by atoms with Gasteiger partial charge in [0.1, 0.15) is 0 Å². The summed E-state index contributed by atoms with van der Waals surface area (Å²) >= 11 is 0. The molecule has 1 amide bonds. The zero-order valence-corrected chi connectivity index (χ0v) is 19.3.